The van der Waals surface area contributed by atoms with Crippen molar-refractivity contribution in [2.45, 2.75) is 20.4 Å². The van der Waals surface area contributed by atoms with Gasteiger partial charge < -0.3 is 10.6 Å². The minimum Gasteiger partial charge on any atom is -0.342 e. The number of aryl methyl sites for hydroxylation is 1. The van der Waals surface area contributed by atoms with E-state index >= 15 is 0 Å². The maximum atomic E-state index is 13.0. The monoisotopic (exact) mass is 258 g/mol. The summed E-state index contributed by atoms with van der Waals surface area (Å²) in [5.74, 6) is -0.220. The Morgan fingerprint density at radius 3 is 2.37 bits per heavy atom. The van der Waals surface area contributed by atoms with Crippen LogP contribution in [0.4, 0.5) is 15.8 Å². The molecule has 2 aromatic rings. The van der Waals surface area contributed by atoms with Crippen LogP contribution in [0.3, 0.4) is 0 Å². The van der Waals surface area contributed by atoms with Crippen LogP contribution >= 0.6 is 0 Å². The van der Waals surface area contributed by atoms with E-state index in [1.165, 1.54) is 17.7 Å². The van der Waals surface area contributed by atoms with Crippen LogP contribution in [0.25, 0.3) is 0 Å². The maximum absolute atomic E-state index is 13.0. The van der Waals surface area contributed by atoms with E-state index < -0.39 is 0 Å². The van der Waals surface area contributed by atoms with Crippen LogP contribution in [-0.4, -0.2) is 6.54 Å². The highest BCUT2D eigenvalue weighted by atomic mass is 19.1. The highest BCUT2D eigenvalue weighted by Crippen LogP contribution is 2.29. The molecule has 0 aliphatic heterocycles. The molecule has 2 aromatic carbocycles. The summed E-state index contributed by atoms with van der Waals surface area (Å²) < 4.78 is 13.0. The molecule has 2 N–H and O–H groups in total. The van der Waals surface area contributed by atoms with E-state index in [1.54, 1.807) is 12.1 Å². The summed E-state index contributed by atoms with van der Waals surface area (Å²) in [5.41, 5.74) is 10.2. The summed E-state index contributed by atoms with van der Waals surface area (Å²) in [4.78, 5) is 2.14. The van der Waals surface area contributed by atoms with Crippen molar-refractivity contribution in [3.8, 4) is 0 Å². The fourth-order valence-electron chi connectivity index (χ4n) is 2.25. The first-order valence-corrected chi connectivity index (χ1v) is 6.48. The van der Waals surface area contributed by atoms with E-state index in [9.17, 15) is 4.39 Å². The quantitative estimate of drug-likeness (QED) is 0.905. The average Bonchev–Trinajstić information content (AvgIpc) is 2.43. The van der Waals surface area contributed by atoms with E-state index in [4.69, 9.17) is 5.73 Å². The van der Waals surface area contributed by atoms with Crippen molar-refractivity contribution in [2.75, 3.05) is 11.4 Å². The van der Waals surface area contributed by atoms with Crippen LogP contribution in [0.1, 0.15) is 18.1 Å². The Hall–Kier alpha value is -1.87. The molecule has 0 unspecified atom stereocenters. The SMILES string of the molecule is CCN(c1ccc(F)cc1)c1ccc(C)cc1CN. The zero-order valence-electron chi connectivity index (χ0n) is 11.4. The molecule has 0 saturated heterocycles. The fraction of sp³-hybridized carbons (Fsp3) is 0.250. The molecule has 0 bridgehead atoms. The van der Waals surface area contributed by atoms with Gasteiger partial charge in [0.15, 0.2) is 0 Å². The number of nitrogens with two attached hydrogens (primary N) is 1. The fourth-order valence-corrected chi connectivity index (χ4v) is 2.25. The molecule has 2 rings (SSSR count). The van der Waals surface area contributed by atoms with Crippen molar-refractivity contribution in [3.05, 3.63) is 59.4 Å². The molecular weight excluding hydrogens is 239 g/mol. The van der Waals surface area contributed by atoms with E-state index in [1.807, 2.05) is 0 Å². The van der Waals surface area contributed by atoms with Crippen LogP contribution < -0.4 is 10.6 Å². The van der Waals surface area contributed by atoms with Gasteiger partial charge in [-0.2, -0.15) is 0 Å². The Balaban J connectivity index is 2.44. The second-order valence-electron chi connectivity index (χ2n) is 4.56. The molecular formula is C16H19FN2. The average molecular weight is 258 g/mol. The Kier molecular flexibility index (Phi) is 4.17. The normalized spacial score (nSPS) is 10.5. The number of rotatable bonds is 4. The highest BCUT2D eigenvalue weighted by molar-refractivity contribution is 5.66. The van der Waals surface area contributed by atoms with Gasteiger partial charge in [-0.1, -0.05) is 17.7 Å². The molecule has 100 valence electrons. The van der Waals surface area contributed by atoms with Gasteiger partial charge in [0, 0.05) is 24.5 Å². The Bertz CT molecular complexity index is 549. The van der Waals surface area contributed by atoms with Crippen molar-refractivity contribution in [1.82, 2.24) is 0 Å². The van der Waals surface area contributed by atoms with Crippen LogP contribution in [0.5, 0.6) is 0 Å². The van der Waals surface area contributed by atoms with Crippen molar-refractivity contribution in [1.29, 1.82) is 0 Å². The van der Waals surface area contributed by atoms with Gasteiger partial charge in [-0.3, -0.25) is 0 Å². The zero-order chi connectivity index (χ0) is 13.8. The van der Waals surface area contributed by atoms with E-state index in [0.717, 1.165) is 23.5 Å². The van der Waals surface area contributed by atoms with Gasteiger partial charge in [0.05, 0.1) is 0 Å². The number of nitrogens with zero attached hydrogens (tertiary/aromatic N) is 1. The largest absolute Gasteiger partial charge is 0.342 e. The van der Waals surface area contributed by atoms with E-state index in [2.05, 4.69) is 36.9 Å². The predicted octanol–water partition coefficient (Wildman–Crippen LogP) is 3.75. The van der Waals surface area contributed by atoms with Gasteiger partial charge in [0.1, 0.15) is 5.82 Å². The van der Waals surface area contributed by atoms with Gasteiger partial charge in [-0.05, 0) is 49.7 Å². The molecule has 0 spiro atoms. The van der Waals surface area contributed by atoms with E-state index in [0.29, 0.717) is 6.54 Å². The number of halogens is 1. The summed E-state index contributed by atoms with van der Waals surface area (Å²) in [6, 6.07) is 12.8. The van der Waals surface area contributed by atoms with Crippen LogP contribution in [0, 0.1) is 12.7 Å². The summed E-state index contributed by atoms with van der Waals surface area (Å²) in [6.45, 7) is 5.43. The maximum Gasteiger partial charge on any atom is 0.123 e. The lowest BCUT2D eigenvalue weighted by Gasteiger charge is -2.26. The summed E-state index contributed by atoms with van der Waals surface area (Å²) >= 11 is 0. The second kappa shape index (κ2) is 5.85. The topological polar surface area (TPSA) is 29.3 Å². The Morgan fingerprint density at radius 1 is 1.11 bits per heavy atom. The Morgan fingerprint density at radius 2 is 1.79 bits per heavy atom. The van der Waals surface area contributed by atoms with Crippen LogP contribution in [-0.2, 0) is 6.54 Å². The minimum atomic E-state index is -0.220. The molecule has 0 atom stereocenters. The molecule has 0 aromatic heterocycles. The lowest BCUT2D eigenvalue weighted by molar-refractivity contribution is 0.628. The zero-order valence-corrected chi connectivity index (χ0v) is 11.4. The van der Waals surface area contributed by atoms with Gasteiger partial charge in [0.2, 0.25) is 0 Å². The van der Waals surface area contributed by atoms with Gasteiger partial charge in [-0.15, -0.1) is 0 Å². The second-order valence-corrected chi connectivity index (χ2v) is 4.56. The van der Waals surface area contributed by atoms with Crippen molar-refractivity contribution in [2.24, 2.45) is 5.73 Å². The van der Waals surface area contributed by atoms with Crippen LogP contribution in [0.2, 0.25) is 0 Å². The Labute approximate surface area is 113 Å². The number of hydrogen-bond donors (Lipinski definition) is 1. The smallest absolute Gasteiger partial charge is 0.123 e. The number of benzene rings is 2. The first kappa shape index (κ1) is 13.6. The third-order valence-corrected chi connectivity index (χ3v) is 3.20. The van der Waals surface area contributed by atoms with Crippen LogP contribution in [0.15, 0.2) is 42.5 Å². The summed E-state index contributed by atoms with van der Waals surface area (Å²) in [7, 11) is 0. The standard InChI is InChI=1S/C16H19FN2/c1-3-19(15-7-5-14(17)6-8-15)16-9-4-12(2)10-13(16)11-18/h4-10H,3,11,18H2,1-2H3. The van der Waals surface area contributed by atoms with E-state index in [-0.39, 0.29) is 5.82 Å². The highest BCUT2D eigenvalue weighted by Gasteiger charge is 2.11. The van der Waals surface area contributed by atoms with Crippen molar-refractivity contribution in [3.63, 3.8) is 0 Å². The lowest BCUT2D eigenvalue weighted by Crippen LogP contribution is -2.18. The third kappa shape index (κ3) is 2.93. The lowest BCUT2D eigenvalue weighted by atomic mass is 10.1. The molecule has 0 fully saturated rings. The molecule has 2 nitrogen and oxygen atoms in total. The summed E-state index contributed by atoms with van der Waals surface area (Å²) in [5, 5.41) is 0. The molecule has 0 saturated carbocycles. The molecule has 0 amide bonds. The molecule has 0 radical (unpaired) electrons. The first-order valence-electron chi connectivity index (χ1n) is 6.48. The minimum absolute atomic E-state index is 0.220. The molecule has 0 aliphatic carbocycles. The molecule has 3 heteroatoms. The predicted molar refractivity (Wildman–Crippen MR) is 78.2 cm³/mol. The molecule has 0 heterocycles. The summed E-state index contributed by atoms with van der Waals surface area (Å²) in [6.07, 6.45) is 0. The molecule has 0 aliphatic rings. The third-order valence-electron chi connectivity index (χ3n) is 3.20. The molecule has 19 heavy (non-hydrogen) atoms. The number of anilines is 2. The van der Waals surface area contributed by atoms with Crippen molar-refractivity contribution < 1.29 is 4.39 Å². The first-order chi connectivity index (χ1) is 9.15. The van der Waals surface area contributed by atoms with Gasteiger partial charge in [-0.25, -0.2) is 4.39 Å². The van der Waals surface area contributed by atoms with Crippen molar-refractivity contribution >= 4 is 11.4 Å². The number of hydrogen-bond acceptors (Lipinski definition) is 2. The van der Waals surface area contributed by atoms with Gasteiger partial charge >= 0.3 is 0 Å². The van der Waals surface area contributed by atoms with Gasteiger partial charge in [0.25, 0.3) is 0 Å².